The van der Waals surface area contributed by atoms with E-state index in [-0.39, 0.29) is 12.1 Å². The zero-order valence-electron chi connectivity index (χ0n) is 11.7. The molecule has 0 saturated carbocycles. The van der Waals surface area contributed by atoms with Crippen molar-refractivity contribution in [2.24, 2.45) is 5.92 Å². The molecule has 0 aromatic heterocycles. The van der Waals surface area contributed by atoms with E-state index >= 15 is 0 Å². The summed E-state index contributed by atoms with van der Waals surface area (Å²) in [7, 11) is 0. The number of amides is 1. The van der Waals surface area contributed by atoms with Gasteiger partial charge in [0.25, 0.3) is 0 Å². The molecule has 1 aliphatic heterocycles. The number of halogens is 9. The van der Waals surface area contributed by atoms with Gasteiger partial charge >= 0.3 is 23.9 Å². The molecule has 0 aliphatic carbocycles. The van der Waals surface area contributed by atoms with Crippen LogP contribution in [0.4, 0.5) is 39.5 Å². The largest absolute Gasteiger partial charge is 0.460 e. The van der Waals surface area contributed by atoms with Crippen LogP contribution in [0.1, 0.15) is 13.3 Å². The minimum atomic E-state index is -6.90. The van der Waals surface area contributed by atoms with Gasteiger partial charge in [-0.1, -0.05) is 12.2 Å². The van der Waals surface area contributed by atoms with E-state index in [0.29, 0.717) is 0 Å². The zero-order chi connectivity index (χ0) is 18.4. The lowest BCUT2D eigenvalue weighted by Gasteiger charge is -2.34. The van der Waals surface area contributed by atoms with Crippen molar-refractivity contribution in [3.63, 3.8) is 0 Å². The van der Waals surface area contributed by atoms with Crippen LogP contribution in [0.5, 0.6) is 0 Å². The second-order valence-corrected chi connectivity index (χ2v) is 5.31. The first-order chi connectivity index (χ1) is 10.0. The Morgan fingerprint density at radius 2 is 1.57 bits per heavy atom. The summed E-state index contributed by atoms with van der Waals surface area (Å²) in [6, 6.07) is 0. The van der Waals surface area contributed by atoms with Crippen LogP contribution >= 0.6 is 0 Å². The van der Waals surface area contributed by atoms with E-state index < -0.39 is 48.7 Å². The van der Waals surface area contributed by atoms with Gasteiger partial charge < -0.3 is 4.90 Å². The molecule has 0 spiro atoms. The quantitative estimate of drug-likeness (QED) is 0.552. The number of alkyl halides is 9. The van der Waals surface area contributed by atoms with Crippen LogP contribution in [0.25, 0.3) is 0 Å². The van der Waals surface area contributed by atoms with Crippen molar-refractivity contribution in [2.75, 3.05) is 13.1 Å². The molecule has 0 bridgehead atoms. The van der Waals surface area contributed by atoms with Gasteiger partial charge in [0, 0.05) is 32.4 Å². The molecule has 2 nitrogen and oxygen atoms in total. The highest BCUT2D eigenvalue weighted by atomic mass is 19.4. The summed E-state index contributed by atoms with van der Waals surface area (Å²) in [5.74, 6) is -21.3. The molecule has 1 rings (SSSR count). The number of carbonyl (C=O) groups is 1. The van der Waals surface area contributed by atoms with Gasteiger partial charge in [0.05, 0.1) is 0 Å². The molecule has 0 aromatic rings. The maximum Gasteiger partial charge on any atom is 0.460 e. The SMILES string of the molecule is C=C1CN(C(C)=O)C[C@H]1CC(F)(F)C(F)(F)C(F)(F)C(F)(F)F. The second-order valence-electron chi connectivity index (χ2n) is 5.31. The van der Waals surface area contributed by atoms with E-state index in [4.69, 9.17) is 0 Å². The third-order valence-electron chi connectivity index (χ3n) is 3.57. The van der Waals surface area contributed by atoms with Gasteiger partial charge in [-0.25, -0.2) is 0 Å². The Hall–Kier alpha value is -1.42. The Morgan fingerprint density at radius 3 is 1.91 bits per heavy atom. The van der Waals surface area contributed by atoms with E-state index in [2.05, 4.69) is 6.58 Å². The first-order valence-electron chi connectivity index (χ1n) is 6.18. The number of hydrogen-bond donors (Lipinski definition) is 0. The van der Waals surface area contributed by atoms with Crippen LogP contribution in [0.3, 0.4) is 0 Å². The first kappa shape index (κ1) is 19.6. The number of rotatable bonds is 4. The molecule has 23 heavy (non-hydrogen) atoms. The van der Waals surface area contributed by atoms with E-state index in [9.17, 15) is 44.3 Å². The molecule has 0 radical (unpaired) electrons. The summed E-state index contributed by atoms with van der Waals surface area (Å²) in [5.41, 5.74) is -0.119. The molecule has 0 aromatic carbocycles. The monoisotopic (exact) mass is 357 g/mol. The average Bonchev–Trinajstić information content (AvgIpc) is 2.68. The van der Waals surface area contributed by atoms with Crippen LogP contribution in [0.2, 0.25) is 0 Å². The molecule has 0 N–H and O–H groups in total. The zero-order valence-corrected chi connectivity index (χ0v) is 11.7. The van der Waals surface area contributed by atoms with E-state index in [1.165, 1.54) is 0 Å². The lowest BCUT2D eigenvalue weighted by Crippen LogP contribution is -2.61. The molecule has 0 unspecified atom stereocenters. The topological polar surface area (TPSA) is 20.3 Å². The normalized spacial score (nSPS) is 21.0. The van der Waals surface area contributed by atoms with Gasteiger partial charge in [-0.3, -0.25) is 4.79 Å². The van der Waals surface area contributed by atoms with Crippen LogP contribution in [0, 0.1) is 5.92 Å². The number of hydrogen-bond acceptors (Lipinski definition) is 1. The van der Waals surface area contributed by atoms with Crippen LogP contribution < -0.4 is 0 Å². The Bertz CT molecular complexity index is 497. The summed E-state index contributed by atoms with van der Waals surface area (Å²) in [6.07, 6.45) is -8.81. The number of carbonyl (C=O) groups excluding carboxylic acids is 1. The van der Waals surface area contributed by atoms with Crippen LogP contribution in [-0.2, 0) is 4.79 Å². The van der Waals surface area contributed by atoms with Crippen LogP contribution in [0.15, 0.2) is 12.2 Å². The maximum absolute atomic E-state index is 13.5. The van der Waals surface area contributed by atoms with Gasteiger partial charge in [-0.05, 0) is 0 Å². The van der Waals surface area contributed by atoms with Gasteiger partial charge in [0.2, 0.25) is 5.91 Å². The Kier molecular flexibility index (Phi) is 4.77. The Labute approximate surface area is 124 Å². The minimum absolute atomic E-state index is 0.119. The molecular weight excluding hydrogens is 345 g/mol. The molecule has 11 heteroatoms. The molecule has 1 aliphatic rings. The summed E-state index contributed by atoms with van der Waals surface area (Å²) >= 11 is 0. The standard InChI is InChI=1S/C12H12F9NO/c1-6-4-22(7(2)23)5-8(6)3-9(13,14)10(15,16)11(17,18)12(19,20)21/h8H,1,3-5H2,2H3/t8-/m1/s1. The summed E-state index contributed by atoms with van der Waals surface area (Å²) in [4.78, 5) is 12.0. The predicted molar refractivity (Wildman–Crippen MR) is 60.4 cm³/mol. The van der Waals surface area contributed by atoms with E-state index in [0.717, 1.165) is 11.8 Å². The fraction of sp³-hybridized carbons (Fsp3) is 0.750. The Morgan fingerprint density at radius 1 is 1.09 bits per heavy atom. The molecular formula is C12H12F9NO. The number of likely N-dealkylation sites (tertiary alicyclic amines) is 1. The summed E-state index contributed by atoms with van der Waals surface area (Å²) in [6.45, 7) is 3.56. The lowest BCUT2D eigenvalue weighted by molar-refractivity contribution is -0.397. The van der Waals surface area contributed by atoms with Gasteiger partial charge in [0.15, 0.2) is 0 Å². The minimum Gasteiger partial charge on any atom is -0.338 e. The summed E-state index contributed by atoms with van der Waals surface area (Å²) in [5, 5.41) is 0. The van der Waals surface area contributed by atoms with Crippen molar-refractivity contribution in [3.8, 4) is 0 Å². The highest BCUT2D eigenvalue weighted by Crippen LogP contribution is 2.55. The van der Waals surface area contributed by atoms with Gasteiger partial charge in [-0.15, -0.1) is 0 Å². The molecule has 1 fully saturated rings. The first-order valence-corrected chi connectivity index (χ1v) is 6.18. The number of nitrogens with zero attached hydrogens (tertiary/aromatic N) is 1. The van der Waals surface area contributed by atoms with Gasteiger partial charge in [-0.2, -0.15) is 39.5 Å². The molecule has 1 heterocycles. The molecule has 1 saturated heterocycles. The summed E-state index contributed by atoms with van der Waals surface area (Å²) < 4.78 is 115. The Balaban J connectivity index is 3.03. The van der Waals surface area contributed by atoms with Crippen molar-refractivity contribution in [1.82, 2.24) is 4.90 Å². The van der Waals surface area contributed by atoms with E-state index in [1.807, 2.05) is 0 Å². The van der Waals surface area contributed by atoms with E-state index in [1.54, 1.807) is 0 Å². The lowest BCUT2D eigenvalue weighted by atomic mass is 9.91. The fourth-order valence-corrected chi connectivity index (χ4v) is 2.13. The van der Waals surface area contributed by atoms with Crippen molar-refractivity contribution < 1.29 is 44.3 Å². The maximum atomic E-state index is 13.5. The highest BCUT2D eigenvalue weighted by molar-refractivity contribution is 5.74. The predicted octanol–water partition coefficient (Wildman–Crippen LogP) is 3.88. The molecule has 1 atom stereocenters. The van der Waals surface area contributed by atoms with Crippen LogP contribution in [-0.4, -0.2) is 47.8 Å². The van der Waals surface area contributed by atoms with Crippen molar-refractivity contribution in [2.45, 2.75) is 37.3 Å². The van der Waals surface area contributed by atoms with Crippen molar-refractivity contribution in [1.29, 1.82) is 0 Å². The van der Waals surface area contributed by atoms with Gasteiger partial charge in [0.1, 0.15) is 0 Å². The van der Waals surface area contributed by atoms with Crippen molar-refractivity contribution >= 4 is 5.91 Å². The molecule has 1 amide bonds. The highest BCUT2D eigenvalue weighted by Gasteiger charge is 2.81. The molecule has 134 valence electrons. The average molecular weight is 357 g/mol. The van der Waals surface area contributed by atoms with Crippen molar-refractivity contribution in [3.05, 3.63) is 12.2 Å². The fourth-order valence-electron chi connectivity index (χ4n) is 2.13. The smallest absolute Gasteiger partial charge is 0.338 e. The third-order valence-corrected chi connectivity index (χ3v) is 3.57. The second kappa shape index (κ2) is 5.59. The third kappa shape index (κ3) is 3.27.